The fraction of sp³-hybridized carbons (Fsp3) is 0.0714. The molecule has 0 heterocycles. The van der Waals surface area contributed by atoms with Gasteiger partial charge in [-0.05, 0) is 23.8 Å². The standard InChI is InChI=1S/C14H12Cl2N2O/c15-11-6-3-7-12(13(11)16)18-8-9-4-1-2-5-10(9)14(17)19/h1-7,18H,8H2,(H2,17,19). The molecule has 5 heteroatoms. The fourth-order valence-electron chi connectivity index (χ4n) is 1.75. The first kappa shape index (κ1) is 13.7. The molecule has 0 aliphatic rings. The molecule has 0 saturated heterocycles. The average Bonchev–Trinajstić information content (AvgIpc) is 2.40. The molecule has 0 radical (unpaired) electrons. The molecule has 0 saturated carbocycles. The molecular weight excluding hydrogens is 283 g/mol. The molecule has 98 valence electrons. The highest BCUT2D eigenvalue weighted by Gasteiger charge is 2.08. The van der Waals surface area contributed by atoms with E-state index in [1.54, 1.807) is 24.3 Å². The first-order chi connectivity index (χ1) is 9.09. The Hall–Kier alpha value is -1.71. The number of rotatable bonds is 4. The monoisotopic (exact) mass is 294 g/mol. The summed E-state index contributed by atoms with van der Waals surface area (Å²) in [7, 11) is 0. The highest BCUT2D eigenvalue weighted by molar-refractivity contribution is 6.43. The van der Waals surface area contributed by atoms with E-state index in [2.05, 4.69) is 5.32 Å². The number of carbonyl (C=O) groups is 1. The van der Waals surface area contributed by atoms with E-state index in [4.69, 9.17) is 28.9 Å². The zero-order valence-electron chi connectivity index (χ0n) is 9.99. The average molecular weight is 295 g/mol. The topological polar surface area (TPSA) is 55.1 Å². The summed E-state index contributed by atoms with van der Waals surface area (Å²) in [6.45, 7) is 0.444. The Morgan fingerprint density at radius 1 is 1.11 bits per heavy atom. The summed E-state index contributed by atoms with van der Waals surface area (Å²) in [5.74, 6) is -0.449. The number of hydrogen-bond acceptors (Lipinski definition) is 2. The van der Waals surface area contributed by atoms with Gasteiger partial charge in [-0.15, -0.1) is 0 Å². The lowest BCUT2D eigenvalue weighted by Crippen LogP contribution is -2.15. The number of carbonyl (C=O) groups excluding carboxylic acids is 1. The molecule has 0 aromatic heterocycles. The molecule has 0 atom stereocenters. The highest BCUT2D eigenvalue weighted by atomic mass is 35.5. The third-order valence-electron chi connectivity index (χ3n) is 2.70. The van der Waals surface area contributed by atoms with Gasteiger partial charge in [-0.25, -0.2) is 0 Å². The molecular formula is C14H12Cl2N2O. The van der Waals surface area contributed by atoms with Crippen molar-refractivity contribution in [3.63, 3.8) is 0 Å². The normalized spacial score (nSPS) is 10.2. The van der Waals surface area contributed by atoms with Crippen LogP contribution in [-0.2, 0) is 6.54 Å². The van der Waals surface area contributed by atoms with Crippen LogP contribution in [-0.4, -0.2) is 5.91 Å². The van der Waals surface area contributed by atoms with Gasteiger partial charge in [0.1, 0.15) is 0 Å². The summed E-state index contributed by atoms with van der Waals surface area (Å²) < 4.78 is 0. The summed E-state index contributed by atoms with van der Waals surface area (Å²) in [5, 5.41) is 4.08. The van der Waals surface area contributed by atoms with Crippen molar-refractivity contribution < 1.29 is 4.79 Å². The molecule has 1 amide bonds. The van der Waals surface area contributed by atoms with E-state index >= 15 is 0 Å². The van der Waals surface area contributed by atoms with Crippen LogP contribution >= 0.6 is 23.2 Å². The van der Waals surface area contributed by atoms with Crippen molar-refractivity contribution >= 4 is 34.8 Å². The van der Waals surface area contributed by atoms with E-state index in [-0.39, 0.29) is 0 Å². The third-order valence-corrected chi connectivity index (χ3v) is 3.52. The van der Waals surface area contributed by atoms with E-state index in [1.165, 1.54) is 0 Å². The molecule has 0 bridgehead atoms. The van der Waals surface area contributed by atoms with Crippen molar-refractivity contribution in [3.05, 3.63) is 63.6 Å². The van der Waals surface area contributed by atoms with E-state index in [9.17, 15) is 4.79 Å². The van der Waals surface area contributed by atoms with Gasteiger partial charge in [-0.3, -0.25) is 4.79 Å². The molecule has 0 fully saturated rings. The molecule has 3 nitrogen and oxygen atoms in total. The second-order valence-corrected chi connectivity index (χ2v) is 4.76. The van der Waals surface area contributed by atoms with Crippen LogP contribution in [0.1, 0.15) is 15.9 Å². The van der Waals surface area contributed by atoms with Gasteiger partial charge in [0.05, 0.1) is 15.7 Å². The first-order valence-corrected chi connectivity index (χ1v) is 6.41. The molecule has 0 aliphatic heterocycles. The molecule has 0 aliphatic carbocycles. The Morgan fingerprint density at radius 3 is 2.58 bits per heavy atom. The van der Waals surface area contributed by atoms with Gasteiger partial charge < -0.3 is 11.1 Å². The SMILES string of the molecule is NC(=O)c1ccccc1CNc1cccc(Cl)c1Cl. The van der Waals surface area contributed by atoms with E-state index in [0.717, 1.165) is 5.56 Å². The van der Waals surface area contributed by atoms with Crippen molar-refractivity contribution in [2.24, 2.45) is 5.73 Å². The number of nitrogens with two attached hydrogens (primary N) is 1. The predicted molar refractivity (Wildman–Crippen MR) is 78.7 cm³/mol. The number of nitrogens with one attached hydrogen (secondary N) is 1. The van der Waals surface area contributed by atoms with Crippen LogP contribution in [0.2, 0.25) is 10.0 Å². The Kier molecular flexibility index (Phi) is 4.30. The van der Waals surface area contributed by atoms with Crippen molar-refractivity contribution in [2.45, 2.75) is 6.54 Å². The smallest absolute Gasteiger partial charge is 0.249 e. The van der Waals surface area contributed by atoms with Crippen LogP contribution in [0, 0.1) is 0 Å². The first-order valence-electron chi connectivity index (χ1n) is 5.65. The number of anilines is 1. The van der Waals surface area contributed by atoms with Crippen molar-refractivity contribution in [1.29, 1.82) is 0 Å². The maximum Gasteiger partial charge on any atom is 0.249 e. The number of amides is 1. The molecule has 2 rings (SSSR count). The minimum Gasteiger partial charge on any atom is -0.380 e. The molecule has 3 N–H and O–H groups in total. The zero-order chi connectivity index (χ0) is 13.8. The van der Waals surface area contributed by atoms with Crippen LogP contribution in [0.4, 0.5) is 5.69 Å². The Morgan fingerprint density at radius 2 is 1.84 bits per heavy atom. The number of hydrogen-bond donors (Lipinski definition) is 2. The van der Waals surface area contributed by atoms with Crippen molar-refractivity contribution in [2.75, 3.05) is 5.32 Å². The zero-order valence-corrected chi connectivity index (χ0v) is 11.5. The lowest BCUT2D eigenvalue weighted by atomic mass is 10.1. The number of benzene rings is 2. The Labute approximate surface area is 121 Å². The van der Waals surface area contributed by atoms with Gasteiger partial charge in [-0.1, -0.05) is 47.5 Å². The van der Waals surface area contributed by atoms with Gasteiger partial charge in [-0.2, -0.15) is 0 Å². The van der Waals surface area contributed by atoms with Crippen LogP contribution in [0.3, 0.4) is 0 Å². The van der Waals surface area contributed by atoms with Crippen LogP contribution < -0.4 is 11.1 Å². The summed E-state index contributed by atoms with van der Waals surface area (Å²) in [6.07, 6.45) is 0. The van der Waals surface area contributed by atoms with Gasteiger partial charge in [0, 0.05) is 12.1 Å². The Balaban J connectivity index is 2.19. The number of halogens is 2. The fourth-order valence-corrected chi connectivity index (χ4v) is 2.11. The molecule has 19 heavy (non-hydrogen) atoms. The van der Waals surface area contributed by atoms with Crippen LogP contribution in [0.5, 0.6) is 0 Å². The van der Waals surface area contributed by atoms with Crippen molar-refractivity contribution in [3.8, 4) is 0 Å². The maximum absolute atomic E-state index is 11.3. The minimum absolute atomic E-state index is 0.444. The number of primary amides is 1. The quantitative estimate of drug-likeness (QED) is 0.903. The van der Waals surface area contributed by atoms with Crippen LogP contribution in [0.15, 0.2) is 42.5 Å². The predicted octanol–water partition coefficient (Wildman–Crippen LogP) is 3.70. The summed E-state index contributed by atoms with van der Waals surface area (Å²) in [4.78, 5) is 11.3. The lowest BCUT2D eigenvalue weighted by Gasteiger charge is -2.11. The van der Waals surface area contributed by atoms with Gasteiger partial charge >= 0.3 is 0 Å². The largest absolute Gasteiger partial charge is 0.380 e. The minimum atomic E-state index is -0.449. The second-order valence-electron chi connectivity index (χ2n) is 3.98. The summed E-state index contributed by atoms with van der Waals surface area (Å²) in [5.41, 5.74) is 7.34. The van der Waals surface area contributed by atoms with Crippen LogP contribution in [0.25, 0.3) is 0 Å². The molecule has 0 spiro atoms. The maximum atomic E-state index is 11.3. The third kappa shape index (κ3) is 3.19. The van der Waals surface area contributed by atoms with Gasteiger partial charge in [0.25, 0.3) is 0 Å². The van der Waals surface area contributed by atoms with E-state index in [1.807, 2.05) is 18.2 Å². The van der Waals surface area contributed by atoms with E-state index < -0.39 is 5.91 Å². The van der Waals surface area contributed by atoms with Gasteiger partial charge in [0.2, 0.25) is 5.91 Å². The Bertz CT molecular complexity index is 614. The summed E-state index contributed by atoms with van der Waals surface area (Å²) >= 11 is 12.0. The van der Waals surface area contributed by atoms with Gasteiger partial charge in [0.15, 0.2) is 0 Å². The highest BCUT2D eigenvalue weighted by Crippen LogP contribution is 2.29. The van der Waals surface area contributed by atoms with Crippen molar-refractivity contribution in [1.82, 2.24) is 0 Å². The molecule has 2 aromatic rings. The summed E-state index contributed by atoms with van der Waals surface area (Å²) in [6, 6.07) is 12.5. The molecule has 2 aromatic carbocycles. The lowest BCUT2D eigenvalue weighted by molar-refractivity contribution is 0.0999. The molecule has 0 unspecified atom stereocenters. The van der Waals surface area contributed by atoms with E-state index in [0.29, 0.717) is 27.8 Å². The second kappa shape index (κ2) is 5.95.